The molecule has 0 aliphatic carbocycles. The van der Waals surface area contributed by atoms with Gasteiger partial charge < -0.3 is 19.1 Å². The average Bonchev–Trinajstić information content (AvgIpc) is 2.66. The topological polar surface area (TPSA) is 30.9 Å². The van der Waals surface area contributed by atoms with E-state index in [9.17, 15) is 0 Å². The van der Waals surface area contributed by atoms with Crippen LogP contribution < -0.4 is 9.47 Å². The summed E-state index contributed by atoms with van der Waals surface area (Å²) >= 11 is 2.31. The van der Waals surface area contributed by atoms with Crippen molar-refractivity contribution in [1.82, 2.24) is 4.90 Å². The van der Waals surface area contributed by atoms with Crippen LogP contribution in [0.15, 0.2) is 48.5 Å². The SMILES string of the molecule is CCCOc1cccc(I)c1OC(c1ccccc1)C1CN(C)CCO1. The number of likely N-dealkylation sites (N-methyl/N-ethyl adjacent to an activating group) is 1. The van der Waals surface area contributed by atoms with Gasteiger partial charge in [-0.05, 0) is 53.8 Å². The van der Waals surface area contributed by atoms with Gasteiger partial charge in [-0.25, -0.2) is 0 Å². The van der Waals surface area contributed by atoms with Crippen molar-refractivity contribution in [3.8, 4) is 11.5 Å². The molecular formula is C21H26INO3. The molecule has 1 aliphatic heterocycles. The van der Waals surface area contributed by atoms with E-state index in [0.717, 1.165) is 46.7 Å². The molecular weight excluding hydrogens is 441 g/mol. The molecule has 1 heterocycles. The van der Waals surface area contributed by atoms with Crippen molar-refractivity contribution in [2.24, 2.45) is 0 Å². The molecule has 1 aliphatic rings. The van der Waals surface area contributed by atoms with E-state index in [1.165, 1.54) is 0 Å². The maximum absolute atomic E-state index is 6.56. The third-order valence-corrected chi connectivity index (χ3v) is 5.25. The van der Waals surface area contributed by atoms with Crippen molar-refractivity contribution in [2.45, 2.75) is 25.6 Å². The van der Waals surface area contributed by atoms with E-state index < -0.39 is 0 Å². The minimum Gasteiger partial charge on any atom is -0.490 e. The predicted octanol–water partition coefficient (Wildman–Crippen LogP) is 4.53. The molecule has 0 bridgehead atoms. The highest BCUT2D eigenvalue weighted by Crippen LogP contribution is 2.37. The molecule has 3 rings (SSSR count). The van der Waals surface area contributed by atoms with Crippen LogP contribution in [0.1, 0.15) is 25.0 Å². The van der Waals surface area contributed by atoms with Crippen LogP contribution in [0, 0.1) is 3.57 Å². The molecule has 4 nitrogen and oxygen atoms in total. The van der Waals surface area contributed by atoms with E-state index >= 15 is 0 Å². The number of ether oxygens (including phenoxy) is 3. The monoisotopic (exact) mass is 467 g/mol. The molecule has 0 amide bonds. The van der Waals surface area contributed by atoms with Gasteiger partial charge in [0, 0.05) is 13.1 Å². The minimum absolute atomic E-state index is 0.0221. The molecule has 1 fully saturated rings. The first-order chi connectivity index (χ1) is 12.7. The third-order valence-electron chi connectivity index (χ3n) is 4.40. The molecule has 0 N–H and O–H groups in total. The van der Waals surface area contributed by atoms with Gasteiger partial charge in [-0.2, -0.15) is 0 Å². The van der Waals surface area contributed by atoms with Crippen molar-refractivity contribution < 1.29 is 14.2 Å². The zero-order chi connectivity index (χ0) is 18.4. The van der Waals surface area contributed by atoms with Gasteiger partial charge in [0.1, 0.15) is 6.10 Å². The number of benzene rings is 2. The van der Waals surface area contributed by atoms with Crippen molar-refractivity contribution >= 4 is 22.6 Å². The second kappa shape index (κ2) is 9.58. The summed E-state index contributed by atoms with van der Waals surface area (Å²) in [5, 5.41) is 0. The van der Waals surface area contributed by atoms with Crippen LogP contribution in [-0.2, 0) is 4.74 Å². The standard InChI is InChI=1S/C21H26INO3/c1-3-13-24-18-11-7-10-17(22)21(18)26-20(16-8-5-4-6-9-16)19-15-23(2)12-14-25-19/h4-11,19-20H,3,12-15H2,1-2H3. The summed E-state index contributed by atoms with van der Waals surface area (Å²) in [6.45, 7) is 5.29. The Labute approximate surface area is 169 Å². The number of para-hydroxylation sites is 1. The first-order valence-corrected chi connectivity index (χ1v) is 10.2. The smallest absolute Gasteiger partial charge is 0.175 e. The lowest BCUT2D eigenvalue weighted by molar-refractivity contribution is -0.0766. The van der Waals surface area contributed by atoms with Gasteiger partial charge in [0.25, 0.3) is 0 Å². The molecule has 2 aromatic rings. The summed E-state index contributed by atoms with van der Waals surface area (Å²) < 4.78 is 19.6. The summed E-state index contributed by atoms with van der Waals surface area (Å²) in [4.78, 5) is 2.29. The zero-order valence-corrected chi connectivity index (χ0v) is 17.5. The van der Waals surface area contributed by atoms with E-state index in [1.807, 2.05) is 36.4 Å². The number of halogens is 1. The summed E-state index contributed by atoms with van der Waals surface area (Å²) in [5.41, 5.74) is 1.12. The van der Waals surface area contributed by atoms with Crippen LogP contribution in [-0.4, -0.2) is 44.4 Å². The Morgan fingerprint density at radius 1 is 1.19 bits per heavy atom. The molecule has 2 unspecified atom stereocenters. The van der Waals surface area contributed by atoms with Gasteiger partial charge in [0.15, 0.2) is 17.6 Å². The van der Waals surface area contributed by atoms with Crippen LogP contribution >= 0.6 is 22.6 Å². The van der Waals surface area contributed by atoms with E-state index in [1.54, 1.807) is 0 Å². The fourth-order valence-electron chi connectivity index (χ4n) is 3.05. The second-order valence-corrected chi connectivity index (χ2v) is 7.70. The Kier molecular flexibility index (Phi) is 7.16. The van der Waals surface area contributed by atoms with Gasteiger partial charge in [-0.1, -0.05) is 43.3 Å². The fraction of sp³-hybridized carbons (Fsp3) is 0.429. The number of hydrogen-bond donors (Lipinski definition) is 0. The Balaban J connectivity index is 1.91. The molecule has 26 heavy (non-hydrogen) atoms. The van der Waals surface area contributed by atoms with E-state index in [-0.39, 0.29) is 12.2 Å². The average molecular weight is 467 g/mol. The molecule has 0 saturated carbocycles. The highest BCUT2D eigenvalue weighted by Gasteiger charge is 2.31. The zero-order valence-electron chi connectivity index (χ0n) is 15.4. The van der Waals surface area contributed by atoms with Crippen LogP contribution in [0.2, 0.25) is 0 Å². The largest absolute Gasteiger partial charge is 0.490 e. The summed E-state index contributed by atoms with van der Waals surface area (Å²) in [5.74, 6) is 1.59. The molecule has 2 atom stereocenters. The van der Waals surface area contributed by atoms with E-state index in [2.05, 4.69) is 53.6 Å². The highest BCUT2D eigenvalue weighted by atomic mass is 127. The summed E-state index contributed by atoms with van der Waals surface area (Å²) in [6.07, 6.45) is 0.758. The minimum atomic E-state index is -0.182. The summed E-state index contributed by atoms with van der Waals surface area (Å²) in [7, 11) is 2.12. The van der Waals surface area contributed by atoms with E-state index in [0.29, 0.717) is 6.61 Å². The van der Waals surface area contributed by atoms with Crippen molar-refractivity contribution in [3.63, 3.8) is 0 Å². The lowest BCUT2D eigenvalue weighted by Gasteiger charge is -2.35. The Bertz CT molecular complexity index is 695. The quantitative estimate of drug-likeness (QED) is 0.560. The molecule has 0 aromatic heterocycles. The van der Waals surface area contributed by atoms with Crippen molar-refractivity contribution in [3.05, 3.63) is 57.7 Å². The normalized spacial score (nSPS) is 19.1. The van der Waals surface area contributed by atoms with Gasteiger partial charge in [0.2, 0.25) is 0 Å². The lowest BCUT2D eigenvalue weighted by atomic mass is 10.0. The van der Waals surface area contributed by atoms with Gasteiger partial charge in [-0.15, -0.1) is 0 Å². The molecule has 2 aromatic carbocycles. The first-order valence-electron chi connectivity index (χ1n) is 9.12. The maximum atomic E-state index is 6.56. The molecule has 0 spiro atoms. The van der Waals surface area contributed by atoms with Crippen LogP contribution in [0.25, 0.3) is 0 Å². The Morgan fingerprint density at radius 3 is 2.73 bits per heavy atom. The van der Waals surface area contributed by atoms with E-state index in [4.69, 9.17) is 14.2 Å². The molecule has 140 valence electrons. The maximum Gasteiger partial charge on any atom is 0.175 e. The Hall–Kier alpha value is -1.31. The molecule has 5 heteroatoms. The predicted molar refractivity (Wildman–Crippen MR) is 112 cm³/mol. The number of morpholine rings is 1. The van der Waals surface area contributed by atoms with Crippen LogP contribution in [0.5, 0.6) is 11.5 Å². The number of nitrogens with zero attached hydrogens (tertiary/aromatic N) is 1. The lowest BCUT2D eigenvalue weighted by Crippen LogP contribution is -2.44. The Morgan fingerprint density at radius 2 is 2.00 bits per heavy atom. The van der Waals surface area contributed by atoms with Crippen molar-refractivity contribution in [1.29, 1.82) is 0 Å². The van der Waals surface area contributed by atoms with Crippen LogP contribution in [0.3, 0.4) is 0 Å². The third kappa shape index (κ3) is 4.90. The second-order valence-electron chi connectivity index (χ2n) is 6.54. The summed E-state index contributed by atoms with van der Waals surface area (Å²) in [6, 6.07) is 16.3. The van der Waals surface area contributed by atoms with Crippen LogP contribution in [0.4, 0.5) is 0 Å². The first kappa shape index (κ1) is 19.5. The van der Waals surface area contributed by atoms with Crippen molar-refractivity contribution in [2.75, 3.05) is 33.4 Å². The molecule has 0 radical (unpaired) electrons. The number of hydrogen-bond acceptors (Lipinski definition) is 4. The highest BCUT2D eigenvalue weighted by molar-refractivity contribution is 14.1. The van der Waals surface area contributed by atoms with Gasteiger partial charge in [-0.3, -0.25) is 0 Å². The number of rotatable bonds is 7. The molecule has 1 saturated heterocycles. The fourth-order valence-corrected chi connectivity index (χ4v) is 3.65. The van der Waals surface area contributed by atoms with Gasteiger partial charge >= 0.3 is 0 Å². The van der Waals surface area contributed by atoms with Gasteiger partial charge in [0.05, 0.1) is 16.8 Å².